The smallest absolute Gasteiger partial charge is 0.308 e. The van der Waals surface area contributed by atoms with Crippen LogP contribution in [0.4, 0.5) is 0 Å². The fourth-order valence-corrected chi connectivity index (χ4v) is 1.26. The van der Waals surface area contributed by atoms with Gasteiger partial charge in [0.25, 0.3) is 0 Å². The SMILES string of the molecule is COC(=O)CC1CN(C)CCO1. The first kappa shape index (κ1) is 9.48. The summed E-state index contributed by atoms with van der Waals surface area (Å²) < 4.78 is 9.93. The normalized spacial score (nSPS) is 25.3. The molecule has 0 aromatic rings. The van der Waals surface area contributed by atoms with Crippen LogP contribution in [-0.4, -0.2) is 50.8 Å². The number of carbonyl (C=O) groups excluding carboxylic acids is 1. The van der Waals surface area contributed by atoms with Crippen molar-refractivity contribution < 1.29 is 14.3 Å². The molecule has 0 aliphatic carbocycles. The third-order valence-electron chi connectivity index (χ3n) is 1.96. The Balaban J connectivity index is 2.27. The lowest BCUT2D eigenvalue weighted by molar-refractivity contribution is -0.145. The molecule has 0 amide bonds. The zero-order valence-electron chi connectivity index (χ0n) is 7.58. The molecule has 0 aromatic carbocycles. The van der Waals surface area contributed by atoms with E-state index in [-0.39, 0.29) is 12.1 Å². The zero-order chi connectivity index (χ0) is 8.97. The summed E-state index contributed by atoms with van der Waals surface area (Å²) in [7, 11) is 3.42. The first-order valence-corrected chi connectivity index (χ1v) is 4.09. The summed E-state index contributed by atoms with van der Waals surface area (Å²) >= 11 is 0. The van der Waals surface area contributed by atoms with E-state index in [2.05, 4.69) is 9.64 Å². The van der Waals surface area contributed by atoms with Gasteiger partial charge in [-0.25, -0.2) is 0 Å². The number of hydrogen-bond donors (Lipinski definition) is 0. The number of rotatable bonds is 2. The van der Waals surface area contributed by atoms with Gasteiger partial charge >= 0.3 is 5.97 Å². The van der Waals surface area contributed by atoms with Gasteiger partial charge in [0.05, 0.1) is 26.2 Å². The Kier molecular flexibility index (Phi) is 3.49. The van der Waals surface area contributed by atoms with E-state index < -0.39 is 0 Å². The molecule has 1 aliphatic heterocycles. The van der Waals surface area contributed by atoms with Crippen LogP contribution in [0.2, 0.25) is 0 Å². The van der Waals surface area contributed by atoms with Crippen LogP contribution < -0.4 is 0 Å². The average molecular weight is 173 g/mol. The molecular weight excluding hydrogens is 158 g/mol. The van der Waals surface area contributed by atoms with Gasteiger partial charge in [-0.3, -0.25) is 4.79 Å². The number of esters is 1. The van der Waals surface area contributed by atoms with E-state index in [0.29, 0.717) is 13.0 Å². The van der Waals surface area contributed by atoms with Crippen LogP contribution in [-0.2, 0) is 14.3 Å². The minimum Gasteiger partial charge on any atom is -0.469 e. The summed E-state index contributed by atoms with van der Waals surface area (Å²) in [5, 5.41) is 0. The summed E-state index contributed by atoms with van der Waals surface area (Å²) in [5.74, 6) is -0.199. The lowest BCUT2D eigenvalue weighted by Gasteiger charge is -2.29. The molecule has 1 saturated heterocycles. The minimum absolute atomic E-state index is 0.0104. The molecule has 1 aliphatic rings. The Morgan fingerprint density at radius 1 is 1.75 bits per heavy atom. The molecule has 0 radical (unpaired) electrons. The van der Waals surface area contributed by atoms with E-state index >= 15 is 0 Å². The average Bonchev–Trinajstić information content (AvgIpc) is 2.04. The van der Waals surface area contributed by atoms with Crippen molar-refractivity contribution in [3.63, 3.8) is 0 Å². The van der Waals surface area contributed by atoms with Gasteiger partial charge in [-0.05, 0) is 7.05 Å². The van der Waals surface area contributed by atoms with Gasteiger partial charge in [0.2, 0.25) is 0 Å². The van der Waals surface area contributed by atoms with Crippen molar-refractivity contribution in [2.75, 3.05) is 33.9 Å². The largest absolute Gasteiger partial charge is 0.469 e. The highest BCUT2D eigenvalue weighted by molar-refractivity contribution is 5.69. The second-order valence-corrected chi connectivity index (χ2v) is 3.04. The fraction of sp³-hybridized carbons (Fsp3) is 0.875. The lowest BCUT2D eigenvalue weighted by atomic mass is 10.2. The predicted octanol–water partition coefficient (Wildman–Crippen LogP) is -0.120. The van der Waals surface area contributed by atoms with E-state index in [1.165, 1.54) is 7.11 Å². The molecular formula is C8H15NO3. The Bertz CT molecular complexity index is 160. The topological polar surface area (TPSA) is 38.8 Å². The highest BCUT2D eigenvalue weighted by Gasteiger charge is 2.20. The van der Waals surface area contributed by atoms with E-state index in [1.54, 1.807) is 0 Å². The molecule has 70 valence electrons. The molecule has 1 rings (SSSR count). The monoisotopic (exact) mass is 173 g/mol. The highest BCUT2D eigenvalue weighted by Crippen LogP contribution is 2.07. The summed E-state index contributed by atoms with van der Waals surface area (Å²) in [6, 6.07) is 0. The summed E-state index contributed by atoms with van der Waals surface area (Å²) in [6.45, 7) is 2.46. The van der Waals surface area contributed by atoms with Crippen LogP contribution in [0.5, 0.6) is 0 Å². The quantitative estimate of drug-likeness (QED) is 0.546. The minimum atomic E-state index is -0.199. The Labute approximate surface area is 72.4 Å². The number of methoxy groups -OCH3 is 1. The van der Waals surface area contributed by atoms with Gasteiger partial charge in [0.15, 0.2) is 0 Å². The Morgan fingerprint density at radius 2 is 2.50 bits per heavy atom. The Hall–Kier alpha value is -0.610. The van der Waals surface area contributed by atoms with E-state index in [4.69, 9.17) is 4.74 Å². The van der Waals surface area contributed by atoms with Gasteiger partial charge in [0, 0.05) is 13.1 Å². The van der Waals surface area contributed by atoms with Gasteiger partial charge in [-0.2, -0.15) is 0 Å². The molecule has 1 atom stereocenters. The third kappa shape index (κ3) is 2.79. The first-order valence-electron chi connectivity index (χ1n) is 4.09. The van der Waals surface area contributed by atoms with Crippen LogP contribution in [0, 0.1) is 0 Å². The van der Waals surface area contributed by atoms with Gasteiger partial charge < -0.3 is 14.4 Å². The molecule has 12 heavy (non-hydrogen) atoms. The van der Waals surface area contributed by atoms with Crippen molar-refractivity contribution in [2.24, 2.45) is 0 Å². The van der Waals surface area contributed by atoms with Gasteiger partial charge in [-0.1, -0.05) is 0 Å². The van der Waals surface area contributed by atoms with Crippen molar-refractivity contribution in [1.82, 2.24) is 4.90 Å². The zero-order valence-corrected chi connectivity index (χ0v) is 7.58. The molecule has 0 bridgehead atoms. The van der Waals surface area contributed by atoms with Gasteiger partial charge in [0.1, 0.15) is 0 Å². The second-order valence-electron chi connectivity index (χ2n) is 3.04. The van der Waals surface area contributed by atoms with Crippen LogP contribution in [0.15, 0.2) is 0 Å². The number of morpholine rings is 1. The van der Waals surface area contributed by atoms with Crippen LogP contribution in [0.3, 0.4) is 0 Å². The molecule has 4 nitrogen and oxygen atoms in total. The summed E-state index contributed by atoms with van der Waals surface area (Å²) in [5.41, 5.74) is 0. The fourth-order valence-electron chi connectivity index (χ4n) is 1.26. The maximum atomic E-state index is 10.9. The lowest BCUT2D eigenvalue weighted by Crippen LogP contribution is -2.41. The molecule has 0 N–H and O–H groups in total. The van der Waals surface area contributed by atoms with Crippen LogP contribution in [0.1, 0.15) is 6.42 Å². The van der Waals surface area contributed by atoms with Crippen LogP contribution >= 0.6 is 0 Å². The van der Waals surface area contributed by atoms with Crippen LogP contribution in [0.25, 0.3) is 0 Å². The molecule has 1 unspecified atom stereocenters. The number of likely N-dealkylation sites (N-methyl/N-ethyl adjacent to an activating group) is 1. The molecule has 4 heteroatoms. The van der Waals surface area contributed by atoms with Crippen molar-refractivity contribution in [2.45, 2.75) is 12.5 Å². The van der Waals surface area contributed by atoms with Gasteiger partial charge in [-0.15, -0.1) is 0 Å². The molecule has 1 fully saturated rings. The summed E-state index contributed by atoms with van der Waals surface area (Å²) in [6.07, 6.45) is 0.372. The second kappa shape index (κ2) is 4.42. The van der Waals surface area contributed by atoms with E-state index in [0.717, 1.165) is 13.1 Å². The first-order chi connectivity index (χ1) is 5.72. The molecule has 0 aromatic heterocycles. The van der Waals surface area contributed by atoms with E-state index in [1.807, 2.05) is 7.05 Å². The van der Waals surface area contributed by atoms with Crippen molar-refractivity contribution in [3.05, 3.63) is 0 Å². The van der Waals surface area contributed by atoms with E-state index in [9.17, 15) is 4.79 Å². The Morgan fingerprint density at radius 3 is 3.08 bits per heavy atom. The molecule has 0 spiro atoms. The van der Waals surface area contributed by atoms with Crippen molar-refractivity contribution >= 4 is 5.97 Å². The maximum Gasteiger partial charge on any atom is 0.308 e. The molecule has 1 heterocycles. The standard InChI is InChI=1S/C8H15NO3/c1-9-3-4-12-7(6-9)5-8(10)11-2/h7H,3-6H2,1-2H3. The third-order valence-corrected chi connectivity index (χ3v) is 1.96. The summed E-state index contributed by atoms with van der Waals surface area (Å²) in [4.78, 5) is 13.0. The number of carbonyl (C=O) groups is 1. The predicted molar refractivity (Wildman–Crippen MR) is 43.9 cm³/mol. The number of ether oxygens (including phenoxy) is 2. The van der Waals surface area contributed by atoms with Crippen molar-refractivity contribution in [1.29, 1.82) is 0 Å². The number of nitrogens with zero attached hydrogens (tertiary/aromatic N) is 1. The van der Waals surface area contributed by atoms with Crippen molar-refractivity contribution in [3.8, 4) is 0 Å². The highest BCUT2D eigenvalue weighted by atomic mass is 16.5. The molecule has 0 saturated carbocycles. The maximum absolute atomic E-state index is 10.9. The number of hydrogen-bond acceptors (Lipinski definition) is 4.